The number of esters is 2. The minimum atomic E-state index is -0.638. The topological polar surface area (TPSA) is 142 Å². The second-order valence-corrected chi connectivity index (χ2v) is 8.14. The van der Waals surface area contributed by atoms with Gasteiger partial charge in [-0.2, -0.15) is 0 Å². The number of carbonyl (C=O) groups is 4. The number of ether oxygens (including phenoxy) is 2. The predicted molar refractivity (Wildman–Crippen MR) is 120 cm³/mol. The standard InChI is InChI=1S/C24H21N5O6/c30-21(25-18-8-10-34-23(18)32)15-6-4-14(5-7-15)20-13-29(28-27-20)17-3-1-2-16(12-17)22(31)26-19-9-11-35-24(19)33/h1-7,12-13,18-19H,8-11H2,(H,25,30)(H,26,31)/t18-,19-/m0/s1. The van der Waals surface area contributed by atoms with Gasteiger partial charge in [-0.05, 0) is 30.3 Å². The van der Waals surface area contributed by atoms with E-state index in [0.717, 1.165) is 5.56 Å². The van der Waals surface area contributed by atoms with E-state index in [4.69, 9.17) is 9.47 Å². The van der Waals surface area contributed by atoms with Crippen molar-refractivity contribution >= 4 is 23.8 Å². The Labute approximate surface area is 199 Å². The van der Waals surface area contributed by atoms with Gasteiger partial charge in [-0.25, -0.2) is 14.3 Å². The molecular weight excluding hydrogens is 454 g/mol. The normalized spacial score (nSPS) is 19.2. The summed E-state index contributed by atoms with van der Waals surface area (Å²) in [5.74, 6) is -1.59. The van der Waals surface area contributed by atoms with Gasteiger partial charge in [0.2, 0.25) is 0 Å². The monoisotopic (exact) mass is 475 g/mol. The molecule has 2 aliphatic heterocycles. The maximum atomic E-state index is 12.5. The van der Waals surface area contributed by atoms with Crippen LogP contribution in [-0.4, -0.2) is 64.0 Å². The Morgan fingerprint density at radius 3 is 2.09 bits per heavy atom. The SMILES string of the molecule is O=C(N[C@H]1CCOC1=O)c1ccc(-c2cn(-c3cccc(C(=O)N[C@H]4CCOC4=O)c3)nn2)cc1. The molecule has 0 saturated carbocycles. The molecule has 3 heterocycles. The number of benzene rings is 2. The second-order valence-electron chi connectivity index (χ2n) is 8.14. The fourth-order valence-corrected chi connectivity index (χ4v) is 3.84. The van der Waals surface area contributed by atoms with Crippen molar-refractivity contribution in [2.75, 3.05) is 13.2 Å². The summed E-state index contributed by atoms with van der Waals surface area (Å²) in [5, 5.41) is 13.7. The van der Waals surface area contributed by atoms with Gasteiger partial charge in [0.1, 0.15) is 17.8 Å². The molecule has 0 aliphatic carbocycles. The molecule has 2 amide bonds. The summed E-state index contributed by atoms with van der Waals surface area (Å²) in [5.41, 5.74) is 2.71. The number of hydrogen-bond acceptors (Lipinski definition) is 8. The van der Waals surface area contributed by atoms with E-state index in [0.29, 0.717) is 48.6 Å². The first kappa shape index (κ1) is 22.3. The highest BCUT2D eigenvalue weighted by atomic mass is 16.5. The van der Waals surface area contributed by atoms with E-state index in [9.17, 15) is 19.2 Å². The fraction of sp³-hybridized carbons (Fsp3) is 0.250. The summed E-state index contributed by atoms with van der Waals surface area (Å²) < 4.78 is 11.3. The van der Waals surface area contributed by atoms with Crippen LogP contribution in [0.1, 0.15) is 33.6 Å². The zero-order valence-electron chi connectivity index (χ0n) is 18.5. The van der Waals surface area contributed by atoms with Crippen molar-refractivity contribution < 1.29 is 28.7 Å². The molecule has 0 unspecified atom stereocenters. The lowest BCUT2D eigenvalue weighted by Gasteiger charge is -2.09. The Morgan fingerprint density at radius 1 is 0.857 bits per heavy atom. The maximum Gasteiger partial charge on any atom is 0.328 e. The molecule has 2 saturated heterocycles. The van der Waals surface area contributed by atoms with Gasteiger partial charge >= 0.3 is 11.9 Å². The Morgan fingerprint density at radius 2 is 1.49 bits per heavy atom. The van der Waals surface area contributed by atoms with Gasteiger partial charge in [0.25, 0.3) is 11.8 Å². The van der Waals surface area contributed by atoms with Gasteiger partial charge in [0.05, 0.1) is 25.1 Å². The van der Waals surface area contributed by atoms with E-state index in [-0.39, 0.29) is 11.8 Å². The lowest BCUT2D eigenvalue weighted by molar-refractivity contribution is -0.140. The van der Waals surface area contributed by atoms with Crippen molar-refractivity contribution in [3.05, 3.63) is 65.9 Å². The second kappa shape index (κ2) is 9.37. The minimum Gasteiger partial charge on any atom is -0.464 e. The molecule has 0 radical (unpaired) electrons. The van der Waals surface area contributed by atoms with Gasteiger partial charge in [0.15, 0.2) is 0 Å². The van der Waals surface area contributed by atoms with Gasteiger partial charge in [-0.1, -0.05) is 23.4 Å². The largest absolute Gasteiger partial charge is 0.464 e. The summed E-state index contributed by atoms with van der Waals surface area (Å²) in [7, 11) is 0. The highest BCUT2D eigenvalue weighted by molar-refractivity contribution is 5.98. The third-order valence-electron chi connectivity index (χ3n) is 5.79. The van der Waals surface area contributed by atoms with Crippen molar-refractivity contribution in [1.29, 1.82) is 0 Å². The first-order valence-corrected chi connectivity index (χ1v) is 11.1. The molecule has 11 heteroatoms. The Kier molecular flexibility index (Phi) is 5.96. The molecule has 35 heavy (non-hydrogen) atoms. The van der Waals surface area contributed by atoms with Crippen LogP contribution in [0.5, 0.6) is 0 Å². The van der Waals surface area contributed by atoms with Crippen LogP contribution in [0.2, 0.25) is 0 Å². The lowest BCUT2D eigenvalue weighted by atomic mass is 10.1. The van der Waals surface area contributed by atoms with Gasteiger partial charge in [0, 0.05) is 29.5 Å². The van der Waals surface area contributed by atoms with Crippen LogP contribution in [-0.2, 0) is 19.1 Å². The van der Waals surface area contributed by atoms with Crippen LogP contribution in [0, 0.1) is 0 Å². The van der Waals surface area contributed by atoms with Gasteiger partial charge in [-0.15, -0.1) is 5.10 Å². The minimum absolute atomic E-state index is 0.298. The predicted octanol–water partition coefficient (Wildman–Crippen LogP) is 1.02. The quantitative estimate of drug-likeness (QED) is 0.504. The fourth-order valence-electron chi connectivity index (χ4n) is 3.84. The Balaban J connectivity index is 1.27. The van der Waals surface area contributed by atoms with E-state index in [2.05, 4.69) is 20.9 Å². The zero-order valence-corrected chi connectivity index (χ0v) is 18.5. The number of hydrogen-bond donors (Lipinski definition) is 2. The van der Waals surface area contributed by atoms with Gasteiger partial charge in [-0.3, -0.25) is 9.59 Å². The van der Waals surface area contributed by atoms with E-state index < -0.39 is 24.0 Å². The number of nitrogens with one attached hydrogen (secondary N) is 2. The average Bonchev–Trinajstić information content (AvgIpc) is 3.62. The molecule has 2 N–H and O–H groups in total. The smallest absolute Gasteiger partial charge is 0.328 e. The van der Waals surface area contributed by atoms with Crippen molar-refractivity contribution in [3.63, 3.8) is 0 Å². The molecule has 0 bridgehead atoms. The van der Waals surface area contributed by atoms with Crippen molar-refractivity contribution in [2.24, 2.45) is 0 Å². The molecule has 178 valence electrons. The number of cyclic esters (lactones) is 2. The average molecular weight is 475 g/mol. The molecule has 3 aromatic rings. The molecule has 2 aromatic carbocycles. The van der Waals surface area contributed by atoms with Gasteiger partial charge < -0.3 is 20.1 Å². The molecule has 11 nitrogen and oxygen atoms in total. The van der Waals surface area contributed by atoms with Crippen LogP contribution in [0.15, 0.2) is 54.7 Å². The highest BCUT2D eigenvalue weighted by Gasteiger charge is 2.29. The number of nitrogens with zero attached hydrogens (tertiary/aromatic N) is 3. The number of rotatable bonds is 6. The number of aromatic nitrogens is 3. The first-order valence-electron chi connectivity index (χ1n) is 11.1. The molecule has 2 fully saturated rings. The molecular formula is C24H21N5O6. The van der Waals surface area contributed by atoms with E-state index in [1.165, 1.54) is 4.68 Å². The van der Waals surface area contributed by atoms with Crippen LogP contribution in [0.4, 0.5) is 0 Å². The summed E-state index contributed by atoms with van der Waals surface area (Å²) >= 11 is 0. The van der Waals surface area contributed by atoms with E-state index >= 15 is 0 Å². The van der Waals surface area contributed by atoms with Crippen LogP contribution < -0.4 is 10.6 Å². The van der Waals surface area contributed by atoms with Crippen LogP contribution in [0.3, 0.4) is 0 Å². The maximum absolute atomic E-state index is 12.5. The van der Waals surface area contributed by atoms with Crippen molar-refractivity contribution in [3.8, 4) is 16.9 Å². The summed E-state index contributed by atoms with van der Waals surface area (Å²) in [6.45, 7) is 0.605. The third kappa shape index (κ3) is 4.74. The van der Waals surface area contributed by atoms with E-state index in [1.807, 2.05) is 0 Å². The van der Waals surface area contributed by atoms with Crippen LogP contribution >= 0.6 is 0 Å². The first-order chi connectivity index (χ1) is 17.0. The molecule has 1 aromatic heterocycles. The number of amides is 2. The lowest BCUT2D eigenvalue weighted by Crippen LogP contribution is -2.37. The van der Waals surface area contributed by atoms with E-state index in [1.54, 1.807) is 54.7 Å². The highest BCUT2D eigenvalue weighted by Crippen LogP contribution is 2.20. The Hall–Kier alpha value is -4.54. The van der Waals surface area contributed by atoms with Crippen molar-refractivity contribution in [2.45, 2.75) is 24.9 Å². The molecule has 2 atom stereocenters. The Bertz CT molecular complexity index is 1300. The zero-order chi connectivity index (χ0) is 24.4. The summed E-state index contributed by atoms with van der Waals surface area (Å²) in [6.07, 6.45) is 2.61. The van der Waals surface area contributed by atoms with Crippen molar-refractivity contribution in [1.82, 2.24) is 25.6 Å². The molecule has 2 aliphatic rings. The number of carbonyl (C=O) groups excluding carboxylic acids is 4. The summed E-state index contributed by atoms with van der Waals surface area (Å²) in [6, 6.07) is 12.3. The molecule has 0 spiro atoms. The van der Waals surface area contributed by atoms with Crippen LogP contribution in [0.25, 0.3) is 16.9 Å². The molecule has 5 rings (SSSR count). The third-order valence-corrected chi connectivity index (χ3v) is 5.79. The summed E-state index contributed by atoms with van der Waals surface area (Å²) in [4.78, 5) is 48.1.